The van der Waals surface area contributed by atoms with Gasteiger partial charge in [-0.2, -0.15) is 0 Å². The summed E-state index contributed by atoms with van der Waals surface area (Å²) < 4.78 is 0. The molecular formula is C21H25NO. The summed E-state index contributed by atoms with van der Waals surface area (Å²) in [6.07, 6.45) is 6.94. The van der Waals surface area contributed by atoms with Crippen molar-refractivity contribution in [3.63, 3.8) is 0 Å². The Balaban J connectivity index is 1.67. The van der Waals surface area contributed by atoms with Crippen LogP contribution in [0.25, 0.3) is 0 Å². The highest BCUT2D eigenvalue weighted by Gasteiger charge is 2.19. The Morgan fingerprint density at radius 1 is 0.913 bits per heavy atom. The van der Waals surface area contributed by atoms with E-state index in [9.17, 15) is 4.79 Å². The predicted octanol–water partition coefficient (Wildman–Crippen LogP) is 4.86. The smallest absolute Gasteiger partial charge is 0.220 e. The standard InChI is InChI=1S/C21H25NO/c23-20(16-15-17-9-7-8-10-17)22-21(18-11-3-1-4-12-18)19-13-5-2-6-14-19/h1-6,11-14,17,21H,7-10,15-16H2,(H,22,23). The SMILES string of the molecule is O=C(CCC1CCCC1)NC(c1ccccc1)c1ccccc1. The number of carbonyl (C=O) groups excluding carboxylic acids is 1. The van der Waals surface area contributed by atoms with Gasteiger partial charge in [0, 0.05) is 6.42 Å². The van der Waals surface area contributed by atoms with E-state index in [1.165, 1.54) is 25.7 Å². The van der Waals surface area contributed by atoms with Crippen LogP contribution in [0.3, 0.4) is 0 Å². The van der Waals surface area contributed by atoms with Crippen molar-refractivity contribution in [1.29, 1.82) is 0 Å². The second-order valence-electron chi connectivity index (χ2n) is 6.51. The summed E-state index contributed by atoms with van der Waals surface area (Å²) in [4.78, 5) is 12.4. The van der Waals surface area contributed by atoms with E-state index in [1.807, 2.05) is 36.4 Å². The number of amides is 1. The van der Waals surface area contributed by atoms with Gasteiger partial charge < -0.3 is 5.32 Å². The zero-order chi connectivity index (χ0) is 15.9. The molecule has 0 aliphatic heterocycles. The molecule has 0 spiro atoms. The van der Waals surface area contributed by atoms with Crippen LogP contribution in [-0.4, -0.2) is 5.91 Å². The van der Waals surface area contributed by atoms with E-state index in [-0.39, 0.29) is 11.9 Å². The summed E-state index contributed by atoms with van der Waals surface area (Å²) in [7, 11) is 0. The molecule has 0 radical (unpaired) electrons. The van der Waals surface area contributed by atoms with Gasteiger partial charge in [0.1, 0.15) is 0 Å². The molecule has 2 nitrogen and oxygen atoms in total. The van der Waals surface area contributed by atoms with Crippen LogP contribution in [0.5, 0.6) is 0 Å². The minimum atomic E-state index is -0.0616. The minimum absolute atomic E-state index is 0.0616. The Hall–Kier alpha value is -2.09. The molecule has 0 heterocycles. The van der Waals surface area contributed by atoms with Crippen LogP contribution in [0.15, 0.2) is 60.7 Å². The molecule has 1 aliphatic rings. The van der Waals surface area contributed by atoms with Crippen molar-refractivity contribution in [2.75, 3.05) is 0 Å². The van der Waals surface area contributed by atoms with Gasteiger partial charge >= 0.3 is 0 Å². The third kappa shape index (κ3) is 4.44. The topological polar surface area (TPSA) is 29.1 Å². The van der Waals surface area contributed by atoms with Crippen LogP contribution in [0.1, 0.15) is 55.7 Å². The molecule has 1 saturated carbocycles. The fraction of sp³-hybridized carbons (Fsp3) is 0.381. The normalized spacial score (nSPS) is 15.0. The van der Waals surface area contributed by atoms with Gasteiger partial charge in [-0.1, -0.05) is 86.3 Å². The van der Waals surface area contributed by atoms with Gasteiger partial charge in [-0.25, -0.2) is 0 Å². The Bertz CT molecular complexity index is 563. The van der Waals surface area contributed by atoms with Crippen molar-refractivity contribution in [3.8, 4) is 0 Å². The molecule has 0 aromatic heterocycles. The first-order chi connectivity index (χ1) is 11.3. The monoisotopic (exact) mass is 307 g/mol. The van der Waals surface area contributed by atoms with Crippen LogP contribution in [0.4, 0.5) is 0 Å². The maximum atomic E-state index is 12.4. The maximum Gasteiger partial charge on any atom is 0.220 e. The molecule has 1 aliphatic carbocycles. The van der Waals surface area contributed by atoms with Gasteiger partial charge in [0.25, 0.3) is 0 Å². The lowest BCUT2D eigenvalue weighted by Crippen LogP contribution is -2.29. The van der Waals surface area contributed by atoms with E-state index >= 15 is 0 Å². The van der Waals surface area contributed by atoms with Crippen molar-refractivity contribution < 1.29 is 4.79 Å². The number of hydrogen-bond donors (Lipinski definition) is 1. The first-order valence-electron chi connectivity index (χ1n) is 8.72. The molecule has 2 aromatic carbocycles. The Kier molecular flexibility index (Phi) is 5.46. The first-order valence-corrected chi connectivity index (χ1v) is 8.72. The summed E-state index contributed by atoms with van der Waals surface area (Å²) in [6, 6.07) is 20.4. The van der Waals surface area contributed by atoms with Crippen LogP contribution in [-0.2, 0) is 4.79 Å². The predicted molar refractivity (Wildman–Crippen MR) is 94.1 cm³/mol. The zero-order valence-corrected chi connectivity index (χ0v) is 13.6. The highest BCUT2D eigenvalue weighted by atomic mass is 16.1. The summed E-state index contributed by atoms with van der Waals surface area (Å²) in [5.41, 5.74) is 2.26. The molecular weight excluding hydrogens is 282 g/mol. The van der Waals surface area contributed by atoms with E-state index in [4.69, 9.17) is 0 Å². The summed E-state index contributed by atoms with van der Waals surface area (Å²) in [5.74, 6) is 0.919. The molecule has 1 N–H and O–H groups in total. The van der Waals surface area contributed by atoms with E-state index in [1.54, 1.807) is 0 Å². The lowest BCUT2D eigenvalue weighted by Gasteiger charge is -2.20. The van der Waals surface area contributed by atoms with Crippen LogP contribution in [0.2, 0.25) is 0 Å². The van der Waals surface area contributed by atoms with Gasteiger partial charge in [0.2, 0.25) is 5.91 Å². The lowest BCUT2D eigenvalue weighted by molar-refractivity contribution is -0.121. The fourth-order valence-electron chi connectivity index (χ4n) is 3.52. The van der Waals surface area contributed by atoms with E-state index in [0.29, 0.717) is 6.42 Å². The van der Waals surface area contributed by atoms with Crippen molar-refractivity contribution in [3.05, 3.63) is 71.8 Å². The van der Waals surface area contributed by atoms with Gasteiger partial charge in [0.05, 0.1) is 6.04 Å². The summed E-state index contributed by atoms with van der Waals surface area (Å²) in [6.45, 7) is 0. The van der Waals surface area contributed by atoms with Gasteiger partial charge in [0.15, 0.2) is 0 Å². The third-order valence-electron chi connectivity index (χ3n) is 4.83. The Morgan fingerprint density at radius 2 is 1.43 bits per heavy atom. The van der Waals surface area contributed by atoms with Crippen LogP contribution in [0, 0.1) is 5.92 Å². The molecule has 2 heteroatoms. The van der Waals surface area contributed by atoms with Crippen molar-refractivity contribution >= 4 is 5.91 Å². The van der Waals surface area contributed by atoms with Gasteiger partial charge in [-0.3, -0.25) is 4.79 Å². The Morgan fingerprint density at radius 3 is 1.96 bits per heavy atom. The van der Waals surface area contributed by atoms with Crippen molar-refractivity contribution in [1.82, 2.24) is 5.32 Å². The minimum Gasteiger partial charge on any atom is -0.345 e. The zero-order valence-electron chi connectivity index (χ0n) is 13.6. The third-order valence-corrected chi connectivity index (χ3v) is 4.83. The van der Waals surface area contributed by atoms with Crippen molar-refractivity contribution in [2.24, 2.45) is 5.92 Å². The lowest BCUT2D eigenvalue weighted by atomic mass is 9.97. The Labute approximate surface area is 138 Å². The molecule has 0 bridgehead atoms. The number of benzene rings is 2. The second kappa shape index (κ2) is 7.96. The average molecular weight is 307 g/mol. The molecule has 0 atom stereocenters. The van der Waals surface area contributed by atoms with E-state index < -0.39 is 0 Å². The number of nitrogens with one attached hydrogen (secondary N) is 1. The van der Waals surface area contributed by atoms with Crippen molar-refractivity contribution in [2.45, 2.75) is 44.6 Å². The maximum absolute atomic E-state index is 12.4. The molecule has 23 heavy (non-hydrogen) atoms. The largest absolute Gasteiger partial charge is 0.345 e. The van der Waals surface area contributed by atoms with Gasteiger partial charge in [-0.05, 0) is 23.5 Å². The highest BCUT2D eigenvalue weighted by molar-refractivity contribution is 5.77. The van der Waals surface area contributed by atoms with Crippen LogP contribution >= 0.6 is 0 Å². The number of rotatable bonds is 6. The molecule has 1 amide bonds. The first kappa shape index (κ1) is 15.8. The summed E-state index contributed by atoms with van der Waals surface area (Å²) in [5, 5.41) is 3.23. The molecule has 0 saturated heterocycles. The molecule has 1 fully saturated rings. The molecule has 0 unspecified atom stereocenters. The highest BCUT2D eigenvalue weighted by Crippen LogP contribution is 2.29. The average Bonchev–Trinajstić information content (AvgIpc) is 3.13. The second-order valence-corrected chi connectivity index (χ2v) is 6.51. The number of carbonyl (C=O) groups is 1. The molecule has 120 valence electrons. The summed E-state index contributed by atoms with van der Waals surface area (Å²) >= 11 is 0. The molecule has 3 rings (SSSR count). The quantitative estimate of drug-likeness (QED) is 0.811. The number of hydrogen-bond acceptors (Lipinski definition) is 1. The van der Waals surface area contributed by atoms with Gasteiger partial charge in [-0.15, -0.1) is 0 Å². The van der Waals surface area contributed by atoms with E-state index in [0.717, 1.165) is 23.5 Å². The fourth-order valence-corrected chi connectivity index (χ4v) is 3.52. The molecule has 2 aromatic rings. The van der Waals surface area contributed by atoms with E-state index in [2.05, 4.69) is 29.6 Å². The van der Waals surface area contributed by atoms with Crippen LogP contribution < -0.4 is 5.32 Å².